The summed E-state index contributed by atoms with van der Waals surface area (Å²) < 4.78 is 0. The van der Waals surface area contributed by atoms with Gasteiger partial charge in [-0.3, -0.25) is 15.0 Å². The van der Waals surface area contributed by atoms with Crippen LogP contribution in [-0.4, -0.2) is 43.1 Å². The Morgan fingerprint density at radius 3 is 2.92 bits per heavy atom. The van der Waals surface area contributed by atoms with Gasteiger partial charge in [-0.1, -0.05) is 0 Å². The van der Waals surface area contributed by atoms with Crippen molar-refractivity contribution < 1.29 is 0 Å². The monoisotopic (exact) mass is 335 g/mol. The lowest BCUT2D eigenvalue weighted by atomic mass is 9.91. The molecular weight excluding hydrogens is 314 g/mol. The maximum absolute atomic E-state index is 4.40. The maximum atomic E-state index is 4.40. The highest BCUT2D eigenvalue weighted by Gasteiger charge is 2.22. The molecule has 0 radical (unpaired) electrons. The van der Waals surface area contributed by atoms with Crippen LogP contribution in [0.3, 0.4) is 0 Å². The molecule has 0 saturated carbocycles. The molecular formula is C18H21N7. The topological polar surface area (TPSA) is 82.6 Å². The van der Waals surface area contributed by atoms with Gasteiger partial charge in [0.1, 0.15) is 11.6 Å². The third-order valence-electron chi connectivity index (χ3n) is 4.53. The molecule has 1 atom stereocenters. The summed E-state index contributed by atoms with van der Waals surface area (Å²) in [4.78, 5) is 15.2. The van der Waals surface area contributed by atoms with Gasteiger partial charge in [0.05, 0.1) is 6.20 Å². The molecule has 7 nitrogen and oxygen atoms in total. The van der Waals surface area contributed by atoms with Crippen molar-refractivity contribution in [3.05, 3.63) is 60.4 Å². The Hall–Kier alpha value is -2.80. The Labute approximate surface area is 146 Å². The first kappa shape index (κ1) is 15.7. The summed E-state index contributed by atoms with van der Waals surface area (Å²) in [5, 5.41) is 10.3. The SMILES string of the molecule is c1cnc(Nc2cc([C@@H]3CCCN(Cc4ccn[nH]4)C3)ccn2)cn1. The van der Waals surface area contributed by atoms with Crippen LogP contribution in [0.1, 0.15) is 30.0 Å². The Bertz CT molecular complexity index is 788. The minimum atomic E-state index is 0.516. The molecule has 0 spiro atoms. The maximum Gasteiger partial charge on any atom is 0.150 e. The molecule has 4 heterocycles. The first-order chi connectivity index (χ1) is 12.4. The molecule has 128 valence electrons. The Kier molecular flexibility index (Phi) is 4.65. The summed E-state index contributed by atoms with van der Waals surface area (Å²) in [5.74, 6) is 2.03. The highest BCUT2D eigenvalue weighted by Crippen LogP contribution is 2.28. The molecule has 0 unspecified atom stereocenters. The molecule has 0 aromatic carbocycles. The predicted molar refractivity (Wildman–Crippen MR) is 95.4 cm³/mol. The zero-order valence-electron chi connectivity index (χ0n) is 14.0. The summed E-state index contributed by atoms with van der Waals surface area (Å²) >= 11 is 0. The largest absolute Gasteiger partial charge is 0.324 e. The van der Waals surface area contributed by atoms with Crippen LogP contribution in [0.25, 0.3) is 0 Å². The lowest BCUT2D eigenvalue weighted by molar-refractivity contribution is 0.198. The van der Waals surface area contributed by atoms with E-state index in [4.69, 9.17) is 0 Å². The van der Waals surface area contributed by atoms with Crippen LogP contribution < -0.4 is 5.32 Å². The number of piperidine rings is 1. The number of nitrogens with zero attached hydrogens (tertiary/aromatic N) is 5. The number of anilines is 2. The van der Waals surface area contributed by atoms with Crippen LogP contribution >= 0.6 is 0 Å². The van der Waals surface area contributed by atoms with Crippen LogP contribution in [-0.2, 0) is 6.54 Å². The standard InChI is InChI=1S/C18H21N7/c1-2-15(12-25(9-1)13-16-4-6-22-24-16)14-3-5-20-17(10-14)23-18-11-19-7-8-21-18/h3-8,10-11,15H,1-2,9,12-13H2,(H,22,24)(H,20,21,23)/t15-/m1/s1. The smallest absolute Gasteiger partial charge is 0.150 e. The van der Waals surface area contributed by atoms with Crippen molar-refractivity contribution in [2.75, 3.05) is 18.4 Å². The first-order valence-electron chi connectivity index (χ1n) is 8.56. The van der Waals surface area contributed by atoms with Gasteiger partial charge in [-0.2, -0.15) is 5.10 Å². The molecule has 25 heavy (non-hydrogen) atoms. The number of hydrogen-bond acceptors (Lipinski definition) is 6. The van der Waals surface area contributed by atoms with Crippen molar-refractivity contribution in [1.82, 2.24) is 30.0 Å². The van der Waals surface area contributed by atoms with E-state index in [0.29, 0.717) is 11.7 Å². The number of H-pyrrole nitrogens is 1. The van der Waals surface area contributed by atoms with Gasteiger partial charge in [0.2, 0.25) is 0 Å². The summed E-state index contributed by atoms with van der Waals surface area (Å²) in [6.45, 7) is 3.10. The Morgan fingerprint density at radius 1 is 1.12 bits per heavy atom. The molecule has 7 heteroatoms. The van der Waals surface area contributed by atoms with Gasteiger partial charge in [-0.25, -0.2) is 9.97 Å². The van der Waals surface area contributed by atoms with Crippen molar-refractivity contribution in [3.63, 3.8) is 0 Å². The van der Waals surface area contributed by atoms with Gasteiger partial charge in [-0.05, 0) is 49.1 Å². The normalized spacial score (nSPS) is 18.2. The number of nitrogens with one attached hydrogen (secondary N) is 2. The molecule has 4 rings (SSSR count). The van der Waals surface area contributed by atoms with Gasteiger partial charge in [0.15, 0.2) is 0 Å². The van der Waals surface area contributed by atoms with E-state index < -0.39 is 0 Å². The van der Waals surface area contributed by atoms with Gasteiger partial charge in [0, 0.05) is 43.6 Å². The minimum Gasteiger partial charge on any atom is -0.324 e. The fourth-order valence-corrected chi connectivity index (χ4v) is 3.35. The second kappa shape index (κ2) is 7.40. The van der Waals surface area contributed by atoms with E-state index in [9.17, 15) is 0 Å². The number of rotatable bonds is 5. The van der Waals surface area contributed by atoms with E-state index in [1.54, 1.807) is 18.6 Å². The second-order valence-corrected chi connectivity index (χ2v) is 6.35. The van der Waals surface area contributed by atoms with Crippen molar-refractivity contribution in [1.29, 1.82) is 0 Å². The lowest BCUT2D eigenvalue weighted by Crippen LogP contribution is -2.34. The number of hydrogen-bond donors (Lipinski definition) is 2. The third kappa shape index (κ3) is 4.00. The number of aromatic amines is 1. The fraction of sp³-hybridized carbons (Fsp3) is 0.333. The molecule has 1 aliphatic rings. The van der Waals surface area contributed by atoms with E-state index in [0.717, 1.165) is 25.5 Å². The average molecular weight is 335 g/mol. The van der Waals surface area contributed by atoms with Crippen molar-refractivity contribution in [3.8, 4) is 0 Å². The molecule has 1 saturated heterocycles. The molecule has 3 aromatic rings. The third-order valence-corrected chi connectivity index (χ3v) is 4.53. The molecule has 1 fully saturated rings. The minimum absolute atomic E-state index is 0.516. The Balaban J connectivity index is 1.44. The van der Waals surface area contributed by atoms with Crippen LogP contribution in [0.4, 0.5) is 11.6 Å². The van der Waals surface area contributed by atoms with E-state index in [1.165, 1.54) is 24.1 Å². The molecule has 1 aliphatic heterocycles. The molecule has 2 N–H and O–H groups in total. The number of likely N-dealkylation sites (tertiary alicyclic amines) is 1. The van der Waals surface area contributed by atoms with Crippen LogP contribution in [0.5, 0.6) is 0 Å². The van der Waals surface area contributed by atoms with E-state index in [2.05, 4.69) is 47.5 Å². The average Bonchev–Trinajstić information content (AvgIpc) is 3.16. The highest BCUT2D eigenvalue weighted by atomic mass is 15.2. The van der Waals surface area contributed by atoms with E-state index in [-0.39, 0.29) is 0 Å². The molecule has 0 bridgehead atoms. The lowest BCUT2D eigenvalue weighted by Gasteiger charge is -2.32. The Morgan fingerprint density at radius 2 is 2.08 bits per heavy atom. The van der Waals surface area contributed by atoms with Crippen molar-refractivity contribution in [2.45, 2.75) is 25.3 Å². The van der Waals surface area contributed by atoms with Gasteiger partial charge in [-0.15, -0.1) is 0 Å². The second-order valence-electron chi connectivity index (χ2n) is 6.35. The highest BCUT2D eigenvalue weighted by molar-refractivity contribution is 5.51. The zero-order valence-corrected chi connectivity index (χ0v) is 14.0. The van der Waals surface area contributed by atoms with E-state index >= 15 is 0 Å². The summed E-state index contributed by atoms with van der Waals surface area (Å²) in [7, 11) is 0. The van der Waals surface area contributed by atoms with Crippen molar-refractivity contribution >= 4 is 11.6 Å². The molecule has 0 amide bonds. The molecule has 0 aliphatic carbocycles. The fourth-order valence-electron chi connectivity index (χ4n) is 3.35. The zero-order chi connectivity index (χ0) is 16.9. The van der Waals surface area contributed by atoms with Crippen LogP contribution in [0.15, 0.2) is 49.2 Å². The van der Waals surface area contributed by atoms with E-state index in [1.807, 2.05) is 18.5 Å². The predicted octanol–water partition coefficient (Wildman–Crippen LogP) is 2.72. The summed E-state index contributed by atoms with van der Waals surface area (Å²) in [6, 6.07) is 6.28. The summed E-state index contributed by atoms with van der Waals surface area (Å²) in [5.41, 5.74) is 2.48. The number of aromatic nitrogens is 5. The van der Waals surface area contributed by atoms with Crippen molar-refractivity contribution in [2.24, 2.45) is 0 Å². The van der Waals surface area contributed by atoms with Gasteiger partial charge < -0.3 is 5.32 Å². The number of pyridine rings is 1. The van der Waals surface area contributed by atoms with Crippen LogP contribution in [0, 0.1) is 0 Å². The van der Waals surface area contributed by atoms with Crippen LogP contribution in [0.2, 0.25) is 0 Å². The van der Waals surface area contributed by atoms with Gasteiger partial charge in [0.25, 0.3) is 0 Å². The summed E-state index contributed by atoms with van der Waals surface area (Å²) in [6.07, 6.45) is 11.1. The first-order valence-corrected chi connectivity index (χ1v) is 8.56. The van der Waals surface area contributed by atoms with Gasteiger partial charge >= 0.3 is 0 Å². The molecule has 3 aromatic heterocycles. The quantitative estimate of drug-likeness (QED) is 0.746.